The summed E-state index contributed by atoms with van der Waals surface area (Å²) in [6.07, 6.45) is 1.73. The third kappa shape index (κ3) is 0.228. The fourth-order valence-electron chi connectivity index (χ4n) is 0.685. The molecule has 2 unspecified atom stereocenters. The van der Waals surface area contributed by atoms with Gasteiger partial charge in [-0.05, 0) is 0 Å². The van der Waals surface area contributed by atoms with Gasteiger partial charge in [0.15, 0.2) is 0 Å². The Morgan fingerprint density at radius 1 is 1.83 bits per heavy atom. The molecule has 0 spiro atoms. The van der Waals surface area contributed by atoms with Gasteiger partial charge in [0.1, 0.15) is 6.17 Å². The zero-order chi connectivity index (χ0) is 3.98. The maximum Gasteiger partial charge on any atom is 0.118 e. The van der Waals surface area contributed by atoms with Gasteiger partial charge in [0.05, 0.1) is 6.61 Å². The first-order valence-corrected chi connectivity index (χ1v) is 2.15. The monoisotopic (exact) mass is 86.0 g/mol. The molecule has 1 N–H and O–H groups in total. The van der Waals surface area contributed by atoms with E-state index in [2.05, 4.69) is 5.43 Å². The summed E-state index contributed by atoms with van der Waals surface area (Å²) in [6.45, 7) is 0.900. The van der Waals surface area contributed by atoms with Crippen molar-refractivity contribution in [2.75, 3.05) is 6.61 Å². The summed E-state index contributed by atoms with van der Waals surface area (Å²) in [5.41, 5.74) is 2.98. The molecule has 3 heteroatoms. The van der Waals surface area contributed by atoms with Crippen molar-refractivity contribution in [1.82, 2.24) is 10.6 Å². The average molecular weight is 86.1 g/mol. The van der Waals surface area contributed by atoms with E-state index < -0.39 is 0 Å². The van der Waals surface area contributed by atoms with Crippen molar-refractivity contribution < 1.29 is 4.84 Å². The molecule has 0 radical (unpaired) electrons. The molecule has 0 amide bonds. The van der Waals surface area contributed by atoms with Crippen molar-refractivity contribution in [3.63, 3.8) is 0 Å². The van der Waals surface area contributed by atoms with Crippen LogP contribution in [0.1, 0.15) is 6.42 Å². The van der Waals surface area contributed by atoms with Crippen LogP contribution in [-0.4, -0.2) is 17.9 Å². The lowest BCUT2D eigenvalue weighted by Gasteiger charge is -1.86. The van der Waals surface area contributed by atoms with Crippen LogP contribution in [0.3, 0.4) is 0 Å². The van der Waals surface area contributed by atoms with Gasteiger partial charge in [0.2, 0.25) is 0 Å². The highest BCUT2D eigenvalue weighted by Gasteiger charge is 2.39. The normalized spacial score (nSPS) is 52.0. The first-order chi connectivity index (χ1) is 2.97. The van der Waals surface area contributed by atoms with Crippen LogP contribution in [0.15, 0.2) is 0 Å². The molecular weight excluding hydrogens is 80.0 g/mol. The molecule has 0 aromatic heterocycles. The second kappa shape index (κ2) is 0.753. The SMILES string of the molecule is C1CC2NN2O1. The number of hydrogen-bond acceptors (Lipinski definition) is 3. The third-order valence-corrected chi connectivity index (χ3v) is 1.11. The molecule has 34 valence electrons. The highest BCUT2D eigenvalue weighted by atomic mass is 16.8. The maximum absolute atomic E-state index is 4.95. The third-order valence-electron chi connectivity index (χ3n) is 1.11. The number of nitrogens with zero attached hydrogens (tertiary/aromatic N) is 1. The zero-order valence-corrected chi connectivity index (χ0v) is 3.35. The van der Waals surface area contributed by atoms with Gasteiger partial charge >= 0.3 is 0 Å². The van der Waals surface area contributed by atoms with Gasteiger partial charge in [-0.25, -0.2) is 5.43 Å². The number of hydroxylamine groups is 1. The van der Waals surface area contributed by atoms with Gasteiger partial charge < -0.3 is 0 Å². The summed E-state index contributed by atoms with van der Waals surface area (Å²) in [7, 11) is 0. The van der Waals surface area contributed by atoms with E-state index in [0.29, 0.717) is 6.17 Å². The molecule has 0 aromatic rings. The molecule has 2 atom stereocenters. The summed E-state index contributed by atoms with van der Waals surface area (Å²) in [4.78, 5) is 4.95. The van der Waals surface area contributed by atoms with Gasteiger partial charge in [-0.2, -0.15) is 0 Å². The lowest BCUT2D eigenvalue weighted by atomic mass is 10.4. The highest BCUT2D eigenvalue weighted by Crippen LogP contribution is 2.19. The van der Waals surface area contributed by atoms with Gasteiger partial charge in [-0.15, -0.1) is 5.17 Å². The topological polar surface area (TPSA) is 34.2 Å². The maximum atomic E-state index is 4.95. The van der Waals surface area contributed by atoms with Crippen molar-refractivity contribution in [2.45, 2.75) is 12.6 Å². The van der Waals surface area contributed by atoms with Crippen LogP contribution in [0, 0.1) is 0 Å². The smallest absolute Gasteiger partial charge is 0.118 e. The lowest BCUT2D eigenvalue weighted by Crippen LogP contribution is -1.99. The molecule has 3 nitrogen and oxygen atoms in total. The van der Waals surface area contributed by atoms with Crippen molar-refractivity contribution in [3.8, 4) is 0 Å². The Morgan fingerprint density at radius 2 is 2.83 bits per heavy atom. The molecule has 2 aliphatic rings. The Balaban J connectivity index is 2.09. The number of hydrogen-bond donors (Lipinski definition) is 1. The van der Waals surface area contributed by atoms with Gasteiger partial charge in [-0.1, -0.05) is 0 Å². The van der Waals surface area contributed by atoms with E-state index in [4.69, 9.17) is 4.84 Å². The van der Waals surface area contributed by atoms with E-state index in [0.717, 1.165) is 13.0 Å². The predicted molar refractivity (Wildman–Crippen MR) is 19.3 cm³/mol. The van der Waals surface area contributed by atoms with E-state index in [1.54, 1.807) is 5.17 Å². The first kappa shape index (κ1) is 2.96. The number of hydrazine groups is 1. The van der Waals surface area contributed by atoms with Crippen LogP contribution in [0.5, 0.6) is 0 Å². The number of nitrogens with one attached hydrogen (secondary N) is 1. The molecule has 2 fully saturated rings. The van der Waals surface area contributed by atoms with E-state index in [-0.39, 0.29) is 0 Å². The summed E-state index contributed by atoms with van der Waals surface area (Å²) in [5.74, 6) is 0. The van der Waals surface area contributed by atoms with Crippen LogP contribution in [0.4, 0.5) is 0 Å². The Kier molecular flexibility index (Phi) is 0.371. The molecular formula is C3H6N2O. The second-order valence-corrected chi connectivity index (χ2v) is 1.59. The van der Waals surface area contributed by atoms with Crippen molar-refractivity contribution >= 4 is 0 Å². The van der Waals surface area contributed by atoms with Gasteiger partial charge in [-0.3, -0.25) is 4.84 Å². The molecule has 0 bridgehead atoms. The molecule has 6 heavy (non-hydrogen) atoms. The van der Waals surface area contributed by atoms with Crippen molar-refractivity contribution in [3.05, 3.63) is 0 Å². The largest absolute Gasteiger partial charge is 0.282 e. The minimum Gasteiger partial charge on any atom is -0.282 e. The minimum atomic E-state index is 0.574. The van der Waals surface area contributed by atoms with Crippen LogP contribution in [0.25, 0.3) is 0 Å². The minimum absolute atomic E-state index is 0.574. The molecule has 0 aliphatic carbocycles. The van der Waals surface area contributed by atoms with Gasteiger partial charge in [0.25, 0.3) is 0 Å². The molecule has 2 saturated heterocycles. The van der Waals surface area contributed by atoms with Crippen LogP contribution in [0.2, 0.25) is 0 Å². The van der Waals surface area contributed by atoms with Crippen molar-refractivity contribution in [2.24, 2.45) is 0 Å². The fraction of sp³-hybridized carbons (Fsp3) is 1.00. The molecule has 2 rings (SSSR count). The Morgan fingerprint density at radius 3 is 3.00 bits per heavy atom. The van der Waals surface area contributed by atoms with Crippen LogP contribution < -0.4 is 5.43 Å². The zero-order valence-electron chi connectivity index (χ0n) is 3.35. The lowest BCUT2D eigenvalue weighted by molar-refractivity contribution is -0.0513. The predicted octanol–water partition coefficient (Wildman–Crippen LogP) is -0.532. The molecule has 0 aromatic carbocycles. The summed E-state index contributed by atoms with van der Waals surface area (Å²) >= 11 is 0. The van der Waals surface area contributed by atoms with E-state index >= 15 is 0 Å². The van der Waals surface area contributed by atoms with E-state index in [1.807, 2.05) is 0 Å². The summed E-state index contributed by atoms with van der Waals surface area (Å²) in [6, 6.07) is 0. The Labute approximate surface area is 35.8 Å². The Hall–Kier alpha value is -0.120. The van der Waals surface area contributed by atoms with Gasteiger partial charge in [0, 0.05) is 6.42 Å². The number of fused-ring (bicyclic) bond motifs is 1. The molecule has 2 heterocycles. The van der Waals surface area contributed by atoms with Crippen LogP contribution in [-0.2, 0) is 4.84 Å². The average Bonchev–Trinajstić information content (AvgIpc) is 2.17. The standard InChI is InChI=1S/C3H6N2O/c1-2-6-5-3(1)4-5/h3-4H,1-2H2. The van der Waals surface area contributed by atoms with Crippen molar-refractivity contribution in [1.29, 1.82) is 0 Å². The quantitative estimate of drug-likeness (QED) is 0.402. The van der Waals surface area contributed by atoms with E-state index in [1.165, 1.54) is 0 Å². The highest BCUT2D eigenvalue weighted by molar-refractivity contribution is 4.74. The Bertz CT molecular complexity index is 67.2. The second-order valence-electron chi connectivity index (χ2n) is 1.59. The van der Waals surface area contributed by atoms with Crippen LogP contribution >= 0.6 is 0 Å². The number of rotatable bonds is 0. The fourth-order valence-corrected chi connectivity index (χ4v) is 0.685. The first-order valence-electron chi connectivity index (χ1n) is 2.15. The molecule has 0 saturated carbocycles. The summed E-state index contributed by atoms with van der Waals surface area (Å²) < 4.78 is 0. The summed E-state index contributed by atoms with van der Waals surface area (Å²) in [5, 5.41) is 1.78. The van der Waals surface area contributed by atoms with E-state index in [9.17, 15) is 0 Å². The molecule has 2 aliphatic heterocycles.